The number of ether oxygens (including phenoxy) is 2. The Kier molecular flexibility index (Phi) is 12.1. The molecular formula is C44H57N7O4Si. The summed E-state index contributed by atoms with van der Waals surface area (Å²) in [7, 11) is -1.83. The highest BCUT2D eigenvalue weighted by Crippen LogP contribution is 2.37. The summed E-state index contributed by atoms with van der Waals surface area (Å²) in [6.45, 7) is 17.7. The zero-order chi connectivity index (χ0) is 39.3. The second kappa shape index (κ2) is 17.2. The van der Waals surface area contributed by atoms with Crippen LogP contribution in [0.1, 0.15) is 56.9 Å². The normalized spacial score (nSPS) is 19.2. The van der Waals surface area contributed by atoms with Gasteiger partial charge in [0.1, 0.15) is 19.0 Å². The van der Waals surface area contributed by atoms with Crippen LogP contribution in [0.3, 0.4) is 0 Å². The Labute approximate surface area is 333 Å². The molecule has 56 heavy (non-hydrogen) atoms. The molecule has 2 saturated heterocycles. The van der Waals surface area contributed by atoms with Gasteiger partial charge < -0.3 is 28.6 Å². The number of amides is 1. The van der Waals surface area contributed by atoms with Crippen molar-refractivity contribution in [3.8, 4) is 12.1 Å². The summed E-state index contributed by atoms with van der Waals surface area (Å²) >= 11 is 0. The molecule has 0 bridgehead atoms. The van der Waals surface area contributed by atoms with Gasteiger partial charge in [0.25, 0.3) is 0 Å². The molecule has 0 spiro atoms. The SMILES string of the molecule is CC(C)(C)[Si](C)(C)OCCN1CCC[C@@H]1COc1nc2c(c(N3CCN(C(=O)OCc4ccccc4)[C@@H](CC#N)C3)n1)CCN(c1cccc3ccccc13)C2. The van der Waals surface area contributed by atoms with Crippen LogP contribution < -0.4 is 14.5 Å². The molecule has 0 N–H and O–H groups in total. The first-order valence-corrected chi connectivity index (χ1v) is 23.1. The van der Waals surface area contributed by atoms with Crippen molar-refractivity contribution in [3.63, 3.8) is 0 Å². The Balaban J connectivity index is 1.11. The van der Waals surface area contributed by atoms with E-state index in [-0.39, 0.29) is 30.1 Å². The lowest BCUT2D eigenvalue weighted by atomic mass is 10.0. The summed E-state index contributed by atoms with van der Waals surface area (Å²) in [6, 6.07) is 27.3. The van der Waals surface area contributed by atoms with Crippen LogP contribution in [0.4, 0.5) is 16.3 Å². The van der Waals surface area contributed by atoms with E-state index in [1.165, 1.54) is 16.5 Å². The number of carbonyl (C=O) groups excluding carboxylic acids is 1. The van der Waals surface area contributed by atoms with Crippen molar-refractivity contribution < 1.29 is 18.7 Å². The topological polar surface area (TPSA) is 107 Å². The first-order valence-electron chi connectivity index (χ1n) is 20.2. The van der Waals surface area contributed by atoms with Gasteiger partial charge in [-0.1, -0.05) is 87.5 Å². The highest BCUT2D eigenvalue weighted by molar-refractivity contribution is 6.74. The lowest BCUT2D eigenvalue weighted by Crippen LogP contribution is -2.55. The predicted octanol–water partition coefficient (Wildman–Crippen LogP) is 7.80. The third-order valence-corrected chi connectivity index (χ3v) is 16.8. The molecule has 0 radical (unpaired) electrons. The molecule has 11 nitrogen and oxygen atoms in total. The van der Waals surface area contributed by atoms with E-state index >= 15 is 0 Å². The Morgan fingerprint density at radius 2 is 1.71 bits per heavy atom. The van der Waals surface area contributed by atoms with Gasteiger partial charge >= 0.3 is 12.1 Å². The van der Waals surface area contributed by atoms with Crippen molar-refractivity contribution in [3.05, 3.63) is 89.6 Å². The van der Waals surface area contributed by atoms with Crippen molar-refractivity contribution in [2.24, 2.45) is 0 Å². The maximum absolute atomic E-state index is 13.4. The van der Waals surface area contributed by atoms with Crippen molar-refractivity contribution >= 4 is 36.7 Å². The smallest absolute Gasteiger partial charge is 0.410 e. The monoisotopic (exact) mass is 775 g/mol. The third kappa shape index (κ3) is 8.96. The van der Waals surface area contributed by atoms with Crippen LogP contribution in [-0.2, 0) is 28.7 Å². The second-order valence-corrected chi connectivity index (χ2v) is 21.7. The minimum Gasteiger partial charge on any atom is -0.462 e. The van der Waals surface area contributed by atoms with Gasteiger partial charge in [-0.15, -0.1) is 0 Å². The van der Waals surface area contributed by atoms with Gasteiger partial charge in [-0.05, 0) is 61.0 Å². The number of fused-ring (bicyclic) bond motifs is 2. The molecule has 7 rings (SSSR count). The molecule has 2 atom stereocenters. The average Bonchev–Trinajstić information content (AvgIpc) is 3.65. The van der Waals surface area contributed by atoms with E-state index in [2.05, 4.69) is 97.1 Å². The largest absolute Gasteiger partial charge is 0.462 e. The van der Waals surface area contributed by atoms with Gasteiger partial charge in [-0.3, -0.25) is 4.90 Å². The van der Waals surface area contributed by atoms with Gasteiger partial charge in [0.2, 0.25) is 0 Å². The minimum absolute atomic E-state index is 0.179. The van der Waals surface area contributed by atoms with Crippen molar-refractivity contribution in [1.82, 2.24) is 19.8 Å². The van der Waals surface area contributed by atoms with Crippen LogP contribution in [0.2, 0.25) is 18.1 Å². The van der Waals surface area contributed by atoms with Gasteiger partial charge in [0.15, 0.2) is 8.32 Å². The predicted molar refractivity (Wildman–Crippen MR) is 224 cm³/mol. The maximum atomic E-state index is 13.4. The van der Waals surface area contributed by atoms with E-state index in [4.69, 9.17) is 23.9 Å². The Bertz CT molecular complexity index is 2010. The molecule has 0 unspecified atom stereocenters. The Morgan fingerprint density at radius 1 is 0.929 bits per heavy atom. The lowest BCUT2D eigenvalue weighted by Gasteiger charge is -2.42. The number of hydrogen-bond acceptors (Lipinski definition) is 10. The van der Waals surface area contributed by atoms with Crippen LogP contribution in [0.15, 0.2) is 72.8 Å². The van der Waals surface area contributed by atoms with Crippen LogP contribution in [0.5, 0.6) is 6.01 Å². The summed E-state index contributed by atoms with van der Waals surface area (Å²) in [5.74, 6) is 0.842. The summed E-state index contributed by atoms with van der Waals surface area (Å²) in [4.78, 5) is 32.4. The number of piperazine rings is 1. The molecule has 3 aromatic carbocycles. The van der Waals surface area contributed by atoms with Gasteiger partial charge in [0, 0.05) is 62.0 Å². The molecule has 1 amide bonds. The quantitative estimate of drug-likeness (QED) is 0.132. The molecule has 0 saturated carbocycles. The number of hydrogen-bond donors (Lipinski definition) is 0. The third-order valence-electron chi connectivity index (χ3n) is 12.2. The Hall–Kier alpha value is -4.70. The molecular weight excluding hydrogens is 719 g/mol. The molecule has 4 aromatic rings. The number of likely N-dealkylation sites (tertiary alicyclic amines) is 1. The standard InChI is InChI=1S/C44H57N7O4Si/c1-44(2,3)56(4,5)55-28-27-48-23-12-17-36(48)32-53-42-46-39-30-49(40-19-11-16-34-15-9-10-18-37(34)40)24-21-38(39)41(47-42)50-25-26-51(35(29-50)20-22-45)43(52)54-31-33-13-7-6-8-14-33/h6-11,13-16,18-19,35-36H,12,17,20-21,23-32H2,1-5H3/t35-,36+/m0/s1. The van der Waals surface area contributed by atoms with Gasteiger partial charge in [-0.2, -0.15) is 15.2 Å². The molecule has 4 heterocycles. The molecule has 1 aromatic heterocycles. The highest BCUT2D eigenvalue weighted by Gasteiger charge is 2.38. The van der Waals surface area contributed by atoms with E-state index < -0.39 is 14.4 Å². The number of carbonyl (C=O) groups is 1. The fourth-order valence-electron chi connectivity index (χ4n) is 7.96. The zero-order valence-electron chi connectivity index (χ0n) is 33.7. The summed E-state index contributed by atoms with van der Waals surface area (Å²) < 4.78 is 18.8. The van der Waals surface area contributed by atoms with Crippen molar-refractivity contribution in [2.45, 2.75) is 89.8 Å². The van der Waals surface area contributed by atoms with E-state index in [1.54, 1.807) is 4.90 Å². The van der Waals surface area contributed by atoms with Crippen molar-refractivity contribution in [2.75, 3.05) is 62.3 Å². The maximum Gasteiger partial charge on any atom is 0.410 e. The number of nitrogens with zero attached hydrogens (tertiary/aromatic N) is 7. The molecule has 3 aliphatic rings. The van der Waals surface area contributed by atoms with Crippen LogP contribution in [0, 0.1) is 11.3 Å². The fourth-order valence-corrected chi connectivity index (χ4v) is 8.99. The van der Waals surface area contributed by atoms with E-state index in [1.807, 2.05) is 30.3 Å². The van der Waals surface area contributed by atoms with E-state index in [0.717, 1.165) is 68.1 Å². The molecule has 2 fully saturated rings. The van der Waals surface area contributed by atoms with Crippen LogP contribution in [-0.4, -0.2) is 98.7 Å². The van der Waals surface area contributed by atoms with Crippen LogP contribution >= 0.6 is 0 Å². The summed E-state index contributed by atoms with van der Waals surface area (Å²) in [6.07, 6.45) is 2.75. The number of anilines is 2. The number of benzene rings is 3. The number of nitriles is 1. The van der Waals surface area contributed by atoms with Crippen LogP contribution in [0.25, 0.3) is 10.8 Å². The number of rotatable bonds is 12. The zero-order valence-corrected chi connectivity index (χ0v) is 34.7. The molecule has 12 heteroatoms. The van der Waals surface area contributed by atoms with Gasteiger partial charge in [0.05, 0.1) is 30.8 Å². The second-order valence-electron chi connectivity index (χ2n) is 16.9. The average molecular weight is 776 g/mol. The first-order chi connectivity index (χ1) is 27.0. The lowest BCUT2D eigenvalue weighted by molar-refractivity contribution is 0.0767. The van der Waals surface area contributed by atoms with E-state index in [9.17, 15) is 10.1 Å². The van der Waals surface area contributed by atoms with E-state index in [0.29, 0.717) is 38.8 Å². The van der Waals surface area contributed by atoms with Gasteiger partial charge in [-0.25, -0.2) is 4.79 Å². The van der Waals surface area contributed by atoms with Crippen molar-refractivity contribution in [1.29, 1.82) is 5.26 Å². The fraction of sp³-hybridized carbons (Fsp3) is 0.500. The minimum atomic E-state index is -1.83. The Morgan fingerprint density at radius 3 is 2.52 bits per heavy atom. The first kappa shape index (κ1) is 39.5. The summed E-state index contributed by atoms with van der Waals surface area (Å²) in [5.41, 5.74) is 4.18. The molecule has 296 valence electrons. The molecule has 3 aliphatic heterocycles. The summed E-state index contributed by atoms with van der Waals surface area (Å²) in [5, 5.41) is 12.5. The number of aromatic nitrogens is 2. The molecule has 0 aliphatic carbocycles. The highest BCUT2D eigenvalue weighted by atomic mass is 28.4.